The van der Waals surface area contributed by atoms with E-state index in [1.807, 2.05) is 0 Å². The van der Waals surface area contributed by atoms with E-state index in [1.54, 1.807) is 0 Å². The topological polar surface area (TPSA) is 29.3 Å². The molecule has 1 rings (SSSR count). The van der Waals surface area contributed by atoms with E-state index in [0.29, 0.717) is 12.1 Å². The molecule has 1 aliphatic heterocycles. The summed E-state index contributed by atoms with van der Waals surface area (Å²) in [6.07, 6.45) is 3.74. The molecule has 0 aromatic carbocycles. The second kappa shape index (κ2) is 6.77. The summed E-state index contributed by atoms with van der Waals surface area (Å²) >= 11 is 2.06. The monoisotopic (exact) mass is 230 g/mol. The predicted octanol–water partition coefficient (Wildman–Crippen LogP) is 2.19. The molecule has 1 heterocycles. The average molecular weight is 230 g/mol. The normalized spacial score (nSPS) is 25.8. The van der Waals surface area contributed by atoms with Crippen LogP contribution >= 0.6 is 11.8 Å². The lowest BCUT2D eigenvalue weighted by molar-refractivity contribution is 0.214. The molecule has 0 amide bonds. The van der Waals surface area contributed by atoms with Gasteiger partial charge in [-0.15, -0.1) is 0 Å². The molecule has 2 atom stereocenters. The van der Waals surface area contributed by atoms with Crippen molar-refractivity contribution in [2.75, 3.05) is 25.1 Å². The maximum absolute atomic E-state index is 6.34. The summed E-state index contributed by atoms with van der Waals surface area (Å²) in [6, 6.07) is 0.969. The molecule has 0 bridgehead atoms. The van der Waals surface area contributed by atoms with Gasteiger partial charge in [0.25, 0.3) is 0 Å². The van der Waals surface area contributed by atoms with E-state index in [-0.39, 0.29) is 0 Å². The highest BCUT2D eigenvalue weighted by Gasteiger charge is 2.26. The smallest absolute Gasteiger partial charge is 0.0335 e. The van der Waals surface area contributed by atoms with Crippen molar-refractivity contribution in [3.63, 3.8) is 0 Å². The molecular formula is C12H26N2S. The van der Waals surface area contributed by atoms with Crippen LogP contribution in [0.1, 0.15) is 33.1 Å². The number of rotatable bonds is 5. The van der Waals surface area contributed by atoms with Crippen molar-refractivity contribution in [3.05, 3.63) is 0 Å². The van der Waals surface area contributed by atoms with Crippen molar-refractivity contribution in [1.82, 2.24) is 4.90 Å². The lowest BCUT2D eigenvalue weighted by Crippen LogP contribution is -2.51. The summed E-state index contributed by atoms with van der Waals surface area (Å²) in [7, 11) is 2.22. The Hall–Kier alpha value is 0.270. The van der Waals surface area contributed by atoms with E-state index in [2.05, 4.69) is 37.6 Å². The van der Waals surface area contributed by atoms with E-state index in [9.17, 15) is 0 Å². The third-order valence-electron chi connectivity index (χ3n) is 3.70. The first-order valence-electron chi connectivity index (χ1n) is 6.22. The Morgan fingerprint density at radius 2 is 2.07 bits per heavy atom. The third-order valence-corrected chi connectivity index (χ3v) is 4.75. The lowest BCUT2D eigenvalue weighted by atomic mass is 9.92. The highest BCUT2D eigenvalue weighted by molar-refractivity contribution is 7.99. The van der Waals surface area contributed by atoms with Crippen LogP contribution in [-0.2, 0) is 0 Å². The second-order valence-electron chi connectivity index (χ2n) is 4.70. The van der Waals surface area contributed by atoms with E-state index in [1.165, 1.54) is 37.3 Å². The molecule has 0 aliphatic carbocycles. The second-order valence-corrected chi connectivity index (χ2v) is 5.85. The Kier molecular flexibility index (Phi) is 6.02. The minimum absolute atomic E-state index is 0.368. The van der Waals surface area contributed by atoms with Crippen molar-refractivity contribution in [2.45, 2.75) is 45.2 Å². The zero-order valence-electron chi connectivity index (χ0n) is 10.4. The van der Waals surface area contributed by atoms with Gasteiger partial charge in [0.05, 0.1) is 0 Å². The Balaban J connectivity index is 2.40. The van der Waals surface area contributed by atoms with Crippen LogP contribution in [0.2, 0.25) is 0 Å². The van der Waals surface area contributed by atoms with Crippen LogP contribution in [-0.4, -0.2) is 42.1 Å². The van der Waals surface area contributed by atoms with Crippen LogP contribution in [0.15, 0.2) is 0 Å². The molecule has 0 aromatic rings. The highest BCUT2D eigenvalue weighted by atomic mass is 32.2. The maximum atomic E-state index is 6.34. The molecule has 3 heteroatoms. The van der Waals surface area contributed by atoms with Crippen molar-refractivity contribution in [2.24, 2.45) is 11.7 Å². The largest absolute Gasteiger partial charge is 0.326 e. The van der Waals surface area contributed by atoms with Crippen molar-refractivity contribution in [1.29, 1.82) is 0 Å². The molecule has 1 fully saturated rings. The van der Waals surface area contributed by atoms with Gasteiger partial charge in [-0.3, -0.25) is 0 Å². The van der Waals surface area contributed by atoms with E-state index in [4.69, 9.17) is 5.73 Å². The van der Waals surface area contributed by atoms with Crippen LogP contribution in [0, 0.1) is 5.92 Å². The minimum atomic E-state index is 0.368. The van der Waals surface area contributed by atoms with Gasteiger partial charge in [0.1, 0.15) is 0 Å². The van der Waals surface area contributed by atoms with E-state index in [0.717, 1.165) is 5.92 Å². The number of nitrogens with zero attached hydrogens (tertiary/aromatic N) is 1. The standard InChI is InChI=1S/C12H26N2S/c1-4-10(5-2)8-11(13)12-9-15-7-6-14(12)3/h10-12H,4-9,13H2,1-3H3. The van der Waals surface area contributed by atoms with Crippen LogP contribution < -0.4 is 5.73 Å². The Bertz CT molecular complexity index is 171. The van der Waals surface area contributed by atoms with Crippen LogP contribution in [0.25, 0.3) is 0 Å². The van der Waals surface area contributed by atoms with Gasteiger partial charge in [-0.25, -0.2) is 0 Å². The molecule has 1 aliphatic rings. The Morgan fingerprint density at radius 3 is 2.60 bits per heavy atom. The molecular weight excluding hydrogens is 204 g/mol. The minimum Gasteiger partial charge on any atom is -0.326 e. The van der Waals surface area contributed by atoms with Gasteiger partial charge in [0, 0.05) is 30.1 Å². The molecule has 0 saturated carbocycles. The number of hydrogen-bond acceptors (Lipinski definition) is 3. The van der Waals surface area contributed by atoms with Gasteiger partial charge in [-0.1, -0.05) is 26.7 Å². The van der Waals surface area contributed by atoms with Gasteiger partial charge in [-0.05, 0) is 19.4 Å². The summed E-state index contributed by atoms with van der Waals surface area (Å²) in [6.45, 7) is 5.76. The first-order valence-corrected chi connectivity index (χ1v) is 7.38. The highest BCUT2D eigenvalue weighted by Crippen LogP contribution is 2.22. The molecule has 15 heavy (non-hydrogen) atoms. The molecule has 0 aromatic heterocycles. The quantitative estimate of drug-likeness (QED) is 0.785. The molecule has 90 valence electrons. The fraction of sp³-hybridized carbons (Fsp3) is 1.00. The number of hydrogen-bond donors (Lipinski definition) is 1. The first-order chi connectivity index (χ1) is 7.19. The fourth-order valence-corrected chi connectivity index (χ4v) is 3.65. The summed E-state index contributed by atoms with van der Waals surface area (Å²) in [4.78, 5) is 2.45. The molecule has 0 radical (unpaired) electrons. The van der Waals surface area contributed by atoms with E-state index >= 15 is 0 Å². The first kappa shape index (κ1) is 13.3. The third kappa shape index (κ3) is 3.97. The molecule has 2 N–H and O–H groups in total. The molecule has 2 nitrogen and oxygen atoms in total. The van der Waals surface area contributed by atoms with Gasteiger partial charge in [0.2, 0.25) is 0 Å². The average Bonchev–Trinajstić information content (AvgIpc) is 2.26. The predicted molar refractivity (Wildman–Crippen MR) is 70.4 cm³/mol. The SMILES string of the molecule is CCC(CC)CC(N)C1CSCCN1C. The van der Waals surface area contributed by atoms with Crippen LogP contribution in [0.3, 0.4) is 0 Å². The van der Waals surface area contributed by atoms with E-state index < -0.39 is 0 Å². The maximum Gasteiger partial charge on any atom is 0.0335 e. The summed E-state index contributed by atoms with van der Waals surface area (Å²) in [5.74, 6) is 3.31. The zero-order valence-corrected chi connectivity index (χ0v) is 11.2. The van der Waals surface area contributed by atoms with Gasteiger partial charge >= 0.3 is 0 Å². The van der Waals surface area contributed by atoms with Gasteiger partial charge < -0.3 is 10.6 Å². The van der Waals surface area contributed by atoms with Crippen molar-refractivity contribution >= 4 is 11.8 Å². The lowest BCUT2D eigenvalue weighted by Gasteiger charge is -2.37. The number of nitrogens with two attached hydrogens (primary N) is 1. The number of thioether (sulfide) groups is 1. The fourth-order valence-electron chi connectivity index (χ4n) is 2.32. The molecule has 2 unspecified atom stereocenters. The Morgan fingerprint density at radius 1 is 1.40 bits per heavy atom. The summed E-state index contributed by atoms with van der Waals surface area (Å²) in [5.41, 5.74) is 6.34. The number of likely N-dealkylation sites (N-methyl/N-ethyl adjacent to an activating group) is 1. The van der Waals surface area contributed by atoms with Crippen LogP contribution in [0.5, 0.6) is 0 Å². The Labute approximate surface area is 99.0 Å². The van der Waals surface area contributed by atoms with Crippen molar-refractivity contribution in [3.8, 4) is 0 Å². The van der Waals surface area contributed by atoms with Crippen molar-refractivity contribution < 1.29 is 0 Å². The molecule has 0 spiro atoms. The zero-order chi connectivity index (χ0) is 11.3. The van der Waals surface area contributed by atoms with Gasteiger partial charge in [-0.2, -0.15) is 11.8 Å². The summed E-state index contributed by atoms with van der Waals surface area (Å²) in [5, 5.41) is 0. The van der Waals surface area contributed by atoms with Crippen LogP contribution in [0.4, 0.5) is 0 Å². The summed E-state index contributed by atoms with van der Waals surface area (Å²) < 4.78 is 0. The van der Waals surface area contributed by atoms with Gasteiger partial charge in [0.15, 0.2) is 0 Å². The molecule has 1 saturated heterocycles.